The molecule has 1 aromatic carbocycles. The zero-order valence-electron chi connectivity index (χ0n) is 12.2. The van der Waals surface area contributed by atoms with Crippen LogP contribution in [0.5, 0.6) is 0 Å². The van der Waals surface area contributed by atoms with Gasteiger partial charge in [-0.2, -0.15) is 0 Å². The Bertz CT molecular complexity index is 649. The molecule has 0 aliphatic carbocycles. The van der Waals surface area contributed by atoms with Crippen LogP contribution in [0.4, 0.5) is 0 Å². The average molecular weight is 308 g/mol. The lowest BCUT2D eigenvalue weighted by Gasteiger charge is -2.12. The molecule has 0 aliphatic heterocycles. The fourth-order valence-corrected chi connectivity index (χ4v) is 3.21. The summed E-state index contributed by atoms with van der Waals surface area (Å²) in [7, 11) is -1.66. The molecule has 1 atom stereocenters. The summed E-state index contributed by atoms with van der Waals surface area (Å²) in [4.78, 5) is 0.258. The molecule has 2 aromatic rings. The van der Waals surface area contributed by atoms with E-state index in [0.717, 1.165) is 18.5 Å². The molecular formula is C15H20N2O3S. The van der Waals surface area contributed by atoms with Crippen LogP contribution in [0.15, 0.2) is 52.0 Å². The number of benzene rings is 1. The van der Waals surface area contributed by atoms with Crippen LogP contribution in [-0.2, 0) is 16.4 Å². The van der Waals surface area contributed by atoms with Crippen LogP contribution in [0.3, 0.4) is 0 Å². The van der Waals surface area contributed by atoms with E-state index in [1.807, 2.05) is 19.2 Å². The first-order valence-corrected chi connectivity index (χ1v) is 8.30. The maximum absolute atomic E-state index is 12.3. The van der Waals surface area contributed by atoms with E-state index < -0.39 is 16.1 Å². The summed E-state index contributed by atoms with van der Waals surface area (Å²) in [5, 5.41) is 3.06. The summed E-state index contributed by atoms with van der Waals surface area (Å²) in [6.07, 6.45) is 2.39. The van der Waals surface area contributed by atoms with Crippen molar-refractivity contribution in [2.45, 2.75) is 24.3 Å². The van der Waals surface area contributed by atoms with E-state index in [1.54, 1.807) is 31.2 Å². The van der Waals surface area contributed by atoms with Gasteiger partial charge in [0.05, 0.1) is 17.2 Å². The van der Waals surface area contributed by atoms with Gasteiger partial charge in [0.1, 0.15) is 5.76 Å². The molecule has 0 aliphatic rings. The number of likely N-dealkylation sites (N-methyl/N-ethyl adjacent to an activating group) is 1. The van der Waals surface area contributed by atoms with Crippen molar-refractivity contribution in [3.63, 3.8) is 0 Å². The van der Waals surface area contributed by atoms with Gasteiger partial charge in [-0.05, 0) is 56.8 Å². The van der Waals surface area contributed by atoms with E-state index in [0.29, 0.717) is 5.76 Å². The van der Waals surface area contributed by atoms with Crippen LogP contribution in [0.25, 0.3) is 0 Å². The number of hydrogen-bond acceptors (Lipinski definition) is 4. The molecule has 21 heavy (non-hydrogen) atoms. The van der Waals surface area contributed by atoms with Crippen LogP contribution in [0, 0.1) is 0 Å². The van der Waals surface area contributed by atoms with E-state index in [4.69, 9.17) is 4.42 Å². The minimum absolute atomic E-state index is 0.258. The molecule has 1 unspecified atom stereocenters. The second kappa shape index (κ2) is 6.89. The highest BCUT2D eigenvalue weighted by molar-refractivity contribution is 7.89. The minimum Gasteiger partial charge on any atom is -0.468 e. The smallest absolute Gasteiger partial charge is 0.241 e. The highest BCUT2D eigenvalue weighted by Crippen LogP contribution is 2.17. The van der Waals surface area contributed by atoms with Gasteiger partial charge in [0, 0.05) is 0 Å². The molecule has 5 nitrogen and oxygen atoms in total. The predicted molar refractivity (Wildman–Crippen MR) is 81.5 cm³/mol. The summed E-state index contributed by atoms with van der Waals surface area (Å²) >= 11 is 0. The zero-order chi connectivity index (χ0) is 15.3. The van der Waals surface area contributed by atoms with Gasteiger partial charge in [-0.25, -0.2) is 13.1 Å². The lowest BCUT2D eigenvalue weighted by Crippen LogP contribution is -2.26. The molecule has 0 saturated heterocycles. The summed E-state index contributed by atoms with van der Waals surface area (Å²) in [6, 6.07) is 10.00. The molecule has 0 radical (unpaired) electrons. The fourth-order valence-electron chi connectivity index (χ4n) is 2.00. The molecule has 0 fully saturated rings. The Hall–Kier alpha value is -1.63. The molecule has 2 N–H and O–H groups in total. The first-order valence-electron chi connectivity index (χ1n) is 6.82. The maximum Gasteiger partial charge on any atom is 0.241 e. The van der Waals surface area contributed by atoms with Crippen molar-refractivity contribution >= 4 is 10.0 Å². The molecule has 114 valence electrons. The first-order chi connectivity index (χ1) is 10.0. The van der Waals surface area contributed by atoms with Crippen LogP contribution in [-0.4, -0.2) is 22.0 Å². The van der Waals surface area contributed by atoms with Crippen LogP contribution >= 0.6 is 0 Å². The molecule has 0 bridgehead atoms. The minimum atomic E-state index is -3.55. The SMILES string of the molecule is CNCCc1ccc(S(=O)(=O)NC(C)c2ccco2)cc1. The second-order valence-electron chi connectivity index (χ2n) is 4.86. The van der Waals surface area contributed by atoms with E-state index in [1.165, 1.54) is 6.26 Å². The number of hydrogen-bond donors (Lipinski definition) is 2. The summed E-state index contributed by atoms with van der Waals surface area (Å²) < 4.78 is 32.4. The number of furan rings is 1. The van der Waals surface area contributed by atoms with Gasteiger partial charge in [-0.15, -0.1) is 0 Å². The molecule has 1 heterocycles. The third-order valence-corrected chi connectivity index (χ3v) is 4.76. The molecule has 1 aromatic heterocycles. The van der Waals surface area contributed by atoms with Crippen LogP contribution in [0.2, 0.25) is 0 Å². The quantitative estimate of drug-likeness (QED) is 0.821. The normalized spacial score (nSPS) is 13.2. The molecular weight excluding hydrogens is 288 g/mol. The first kappa shape index (κ1) is 15.8. The van der Waals surface area contributed by atoms with Crippen molar-refractivity contribution in [3.8, 4) is 0 Å². The van der Waals surface area contributed by atoms with Crippen molar-refractivity contribution in [1.82, 2.24) is 10.0 Å². The lowest BCUT2D eigenvalue weighted by molar-refractivity contribution is 0.459. The lowest BCUT2D eigenvalue weighted by atomic mass is 10.1. The molecule has 2 rings (SSSR count). The number of sulfonamides is 1. The Kier molecular flexibility index (Phi) is 5.17. The number of nitrogens with one attached hydrogen (secondary N) is 2. The largest absolute Gasteiger partial charge is 0.468 e. The Morgan fingerprint density at radius 1 is 1.19 bits per heavy atom. The molecule has 0 saturated carbocycles. The summed E-state index contributed by atoms with van der Waals surface area (Å²) in [5.41, 5.74) is 1.10. The van der Waals surface area contributed by atoms with Gasteiger partial charge in [-0.3, -0.25) is 0 Å². The van der Waals surface area contributed by atoms with Gasteiger partial charge < -0.3 is 9.73 Å². The van der Waals surface area contributed by atoms with E-state index in [9.17, 15) is 8.42 Å². The second-order valence-corrected chi connectivity index (χ2v) is 6.57. The van der Waals surface area contributed by atoms with Gasteiger partial charge >= 0.3 is 0 Å². The Balaban J connectivity index is 2.08. The van der Waals surface area contributed by atoms with Gasteiger partial charge in [0.2, 0.25) is 10.0 Å². The van der Waals surface area contributed by atoms with Crippen LogP contribution in [0.1, 0.15) is 24.3 Å². The number of rotatable bonds is 7. The van der Waals surface area contributed by atoms with Crippen molar-refractivity contribution in [3.05, 3.63) is 54.0 Å². The molecule has 0 spiro atoms. The standard InChI is InChI=1S/C15H20N2O3S/c1-12(15-4-3-11-20-15)17-21(18,19)14-7-5-13(6-8-14)9-10-16-2/h3-8,11-12,16-17H,9-10H2,1-2H3. The van der Waals surface area contributed by atoms with Gasteiger partial charge in [0.15, 0.2) is 0 Å². The highest BCUT2D eigenvalue weighted by Gasteiger charge is 2.19. The van der Waals surface area contributed by atoms with Crippen molar-refractivity contribution in [2.24, 2.45) is 0 Å². The van der Waals surface area contributed by atoms with Crippen LogP contribution < -0.4 is 10.0 Å². The topological polar surface area (TPSA) is 71.3 Å². The van der Waals surface area contributed by atoms with E-state index in [2.05, 4.69) is 10.0 Å². The van der Waals surface area contributed by atoms with E-state index in [-0.39, 0.29) is 4.90 Å². The van der Waals surface area contributed by atoms with E-state index >= 15 is 0 Å². The molecule has 6 heteroatoms. The predicted octanol–water partition coefficient (Wildman–Crippen LogP) is 2.08. The van der Waals surface area contributed by atoms with Crippen molar-refractivity contribution in [1.29, 1.82) is 0 Å². The zero-order valence-corrected chi connectivity index (χ0v) is 13.0. The Morgan fingerprint density at radius 2 is 1.90 bits per heavy atom. The maximum atomic E-state index is 12.3. The fraction of sp³-hybridized carbons (Fsp3) is 0.333. The monoisotopic (exact) mass is 308 g/mol. The Morgan fingerprint density at radius 3 is 2.48 bits per heavy atom. The third kappa shape index (κ3) is 4.17. The third-order valence-electron chi connectivity index (χ3n) is 3.20. The summed E-state index contributed by atoms with van der Waals surface area (Å²) in [5.74, 6) is 0.587. The molecule has 0 amide bonds. The van der Waals surface area contributed by atoms with Gasteiger partial charge in [0.25, 0.3) is 0 Å². The van der Waals surface area contributed by atoms with Crippen molar-refractivity contribution in [2.75, 3.05) is 13.6 Å². The average Bonchev–Trinajstić information content (AvgIpc) is 2.99. The highest BCUT2D eigenvalue weighted by atomic mass is 32.2. The summed E-state index contributed by atoms with van der Waals surface area (Å²) in [6.45, 7) is 2.61. The Labute approximate surface area is 125 Å². The van der Waals surface area contributed by atoms with Crippen molar-refractivity contribution < 1.29 is 12.8 Å². The van der Waals surface area contributed by atoms with Gasteiger partial charge in [-0.1, -0.05) is 12.1 Å².